The van der Waals surface area contributed by atoms with Crippen LogP contribution < -0.4 is 10.2 Å². The van der Waals surface area contributed by atoms with E-state index >= 15 is 0 Å². The Morgan fingerprint density at radius 1 is 1.30 bits per heavy atom. The zero-order valence-electron chi connectivity index (χ0n) is 12.2. The second-order valence-corrected chi connectivity index (χ2v) is 5.06. The molecular weight excluding hydrogens is 252 g/mol. The van der Waals surface area contributed by atoms with Gasteiger partial charge in [0.05, 0.1) is 0 Å². The zero-order valence-corrected chi connectivity index (χ0v) is 12.2. The number of nitrogens with one attached hydrogen (secondary N) is 1. The molecule has 1 heterocycles. The van der Waals surface area contributed by atoms with Crippen LogP contribution in [0.25, 0.3) is 0 Å². The summed E-state index contributed by atoms with van der Waals surface area (Å²) in [4.78, 5) is 26.4. The van der Waals surface area contributed by atoms with Crippen LogP contribution in [0.15, 0.2) is 24.3 Å². The molecule has 2 amide bonds. The van der Waals surface area contributed by atoms with E-state index in [4.69, 9.17) is 0 Å². The molecule has 0 aliphatic carbocycles. The maximum absolute atomic E-state index is 12.4. The van der Waals surface area contributed by atoms with Crippen LogP contribution in [0.4, 0.5) is 5.69 Å². The van der Waals surface area contributed by atoms with Crippen molar-refractivity contribution in [3.63, 3.8) is 0 Å². The molecule has 0 bridgehead atoms. The summed E-state index contributed by atoms with van der Waals surface area (Å²) in [6, 6.07) is 7.49. The topological polar surface area (TPSA) is 49.4 Å². The molecule has 0 fully saturated rings. The number of para-hydroxylation sites is 1. The highest BCUT2D eigenvalue weighted by Crippen LogP contribution is 2.29. The van der Waals surface area contributed by atoms with Crippen LogP contribution in [0.2, 0.25) is 0 Å². The van der Waals surface area contributed by atoms with Crippen molar-refractivity contribution in [2.45, 2.75) is 45.6 Å². The number of benzene rings is 1. The number of amides is 2. The minimum Gasteiger partial charge on any atom is -0.355 e. The molecular formula is C16H22N2O2. The average molecular weight is 274 g/mol. The molecule has 2 rings (SSSR count). The summed E-state index contributed by atoms with van der Waals surface area (Å²) in [5, 5.41) is 2.83. The molecule has 1 atom stereocenters. The molecule has 4 heteroatoms. The fourth-order valence-corrected chi connectivity index (χ4v) is 2.76. The van der Waals surface area contributed by atoms with Crippen LogP contribution in [0.5, 0.6) is 0 Å². The molecule has 0 aromatic heterocycles. The van der Waals surface area contributed by atoms with Crippen molar-refractivity contribution in [3.8, 4) is 0 Å². The number of carbonyl (C=O) groups is 2. The van der Waals surface area contributed by atoms with Gasteiger partial charge in [0, 0.05) is 18.7 Å². The number of carbonyl (C=O) groups excluding carboxylic acids is 2. The molecule has 20 heavy (non-hydrogen) atoms. The molecule has 1 aromatic carbocycles. The van der Waals surface area contributed by atoms with E-state index in [0.717, 1.165) is 24.1 Å². The summed E-state index contributed by atoms with van der Waals surface area (Å²) in [5.41, 5.74) is 2.05. The van der Waals surface area contributed by atoms with Crippen LogP contribution >= 0.6 is 0 Å². The van der Waals surface area contributed by atoms with Gasteiger partial charge in [0.1, 0.15) is 6.04 Å². The predicted octanol–water partition coefficient (Wildman–Crippen LogP) is 2.27. The highest BCUT2D eigenvalue weighted by molar-refractivity contribution is 6.01. The summed E-state index contributed by atoms with van der Waals surface area (Å²) >= 11 is 0. The van der Waals surface area contributed by atoms with Crippen LogP contribution in [0, 0.1) is 0 Å². The summed E-state index contributed by atoms with van der Waals surface area (Å²) in [6.07, 6.45) is 2.86. The summed E-state index contributed by atoms with van der Waals surface area (Å²) in [7, 11) is 0. The maximum atomic E-state index is 12.4. The summed E-state index contributed by atoms with van der Waals surface area (Å²) in [6.45, 7) is 4.42. The Labute approximate surface area is 120 Å². The Bertz CT molecular complexity index is 499. The Kier molecular flexibility index (Phi) is 4.77. The maximum Gasteiger partial charge on any atom is 0.243 e. The smallest absolute Gasteiger partial charge is 0.243 e. The minimum absolute atomic E-state index is 0.0491. The number of nitrogens with zero attached hydrogens (tertiary/aromatic N) is 1. The second-order valence-electron chi connectivity index (χ2n) is 5.06. The molecule has 0 spiro atoms. The number of aryl methyl sites for hydroxylation is 1. The van der Waals surface area contributed by atoms with Gasteiger partial charge < -0.3 is 5.32 Å². The third-order valence-corrected chi connectivity index (χ3v) is 3.71. The lowest BCUT2D eigenvalue weighted by Crippen LogP contribution is -2.49. The van der Waals surface area contributed by atoms with Crippen molar-refractivity contribution in [2.24, 2.45) is 0 Å². The van der Waals surface area contributed by atoms with Crippen LogP contribution in [0.1, 0.15) is 38.7 Å². The standard InChI is InChI=1S/C16H22N2O2/c1-3-13(16(20)17-4-2)18-14-10-6-5-8-12(14)9-7-11-15(18)19/h5-6,8,10,13H,3-4,7,9,11H2,1-2H3,(H,17,20)/t13-/m0/s1. The molecule has 0 unspecified atom stereocenters. The van der Waals surface area contributed by atoms with Crippen molar-refractivity contribution >= 4 is 17.5 Å². The molecule has 1 aliphatic rings. The van der Waals surface area contributed by atoms with E-state index in [1.165, 1.54) is 0 Å². The lowest BCUT2D eigenvalue weighted by atomic mass is 10.1. The van der Waals surface area contributed by atoms with Crippen molar-refractivity contribution in [2.75, 3.05) is 11.4 Å². The number of hydrogen-bond acceptors (Lipinski definition) is 2. The van der Waals surface area contributed by atoms with Crippen molar-refractivity contribution < 1.29 is 9.59 Å². The van der Waals surface area contributed by atoms with Gasteiger partial charge in [0.25, 0.3) is 0 Å². The monoisotopic (exact) mass is 274 g/mol. The van der Waals surface area contributed by atoms with E-state index in [1.54, 1.807) is 4.90 Å². The van der Waals surface area contributed by atoms with Crippen LogP contribution in [0.3, 0.4) is 0 Å². The lowest BCUT2D eigenvalue weighted by molar-refractivity contribution is -0.126. The molecule has 0 saturated carbocycles. The molecule has 0 radical (unpaired) electrons. The van der Waals surface area contributed by atoms with Crippen molar-refractivity contribution in [1.82, 2.24) is 5.32 Å². The van der Waals surface area contributed by atoms with Gasteiger partial charge in [-0.25, -0.2) is 0 Å². The van der Waals surface area contributed by atoms with Gasteiger partial charge in [-0.3, -0.25) is 14.5 Å². The third-order valence-electron chi connectivity index (χ3n) is 3.71. The molecule has 1 aromatic rings. The normalized spacial score (nSPS) is 16.3. The minimum atomic E-state index is -0.415. The van der Waals surface area contributed by atoms with Gasteiger partial charge in [-0.1, -0.05) is 25.1 Å². The second kappa shape index (κ2) is 6.55. The van der Waals surface area contributed by atoms with Gasteiger partial charge >= 0.3 is 0 Å². The van der Waals surface area contributed by atoms with Gasteiger partial charge in [-0.2, -0.15) is 0 Å². The quantitative estimate of drug-likeness (QED) is 0.915. The van der Waals surface area contributed by atoms with E-state index in [0.29, 0.717) is 19.4 Å². The van der Waals surface area contributed by atoms with Crippen LogP contribution in [-0.4, -0.2) is 24.4 Å². The lowest BCUT2D eigenvalue weighted by Gasteiger charge is -2.30. The highest BCUT2D eigenvalue weighted by atomic mass is 16.2. The molecule has 1 aliphatic heterocycles. The first-order chi connectivity index (χ1) is 9.69. The van der Waals surface area contributed by atoms with E-state index in [9.17, 15) is 9.59 Å². The van der Waals surface area contributed by atoms with Gasteiger partial charge in [0.15, 0.2) is 0 Å². The van der Waals surface area contributed by atoms with Crippen LogP contribution in [-0.2, 0) is 16.0 Å². The molecule has 4 nitrogen and oxygen atoms in total. The van der Waals surface area contributed by atoms with Crippen molar-refractivity contribution in [1.29, 1.82) is 0 Å². The molecule has 1 N–H and O–H groups in total. The summed E-state index contributed by atoms with van der Waals surface area (Å²) < 4.78 is 0. The SMILES string of the molecule is CCNC(=O)[C@H](CC)N1C(=O)CCCc2ccccc21. The third kappa shape index (κ3) is 2.84. The first-order valence-electron chi connectivity index (χ1n) is 7.36. The fraction of sp³-hybridized carbons (Fsp3) is 0.500. The van der Waals surface area contributed by atoms with Gasteiger partial charge in [0.2, 0.25) is 11.8 Å². The number of hydrogen-bond donors (Lipinski definition) is 1. The Morgan fingerprint density at radius 3 is 2.75 bits per heavy atom. The molecule has 108 valence electrons. The van der Waals surface area contributed by atoms with Crippen molar-refractivity contribution in [3.05, 3.63) is 29.8 Å². The fourth-order valence-electron chi connectivity index (χ4n) is 2.76. The first kappa shape index (κ1) is 14.6. The van der Waals surface area contributed by atoms with Gasteiger partial charge in [-0.05, 0) is 37.8 Å². The highest BCUT2D eigenvalue weighted by Gasteiger charge is 2.31. The van der Waals surface area contributed by atoms with E-state index in [2.05, 4.69) is 5.32 Å². The van der Waals surface area contributed by atoms with E-state index in [-0.39, 0.29) is 11.8 Å². The van der Waals surface area contributed by atoms with E-state index < -0.39 is 6.04 Å². The number of anilines is 1. The number of fused-ring (bicyclic) bond motifs is 1. The first-order valence-corrected chi connectivity index (χ1v) is 7.36. The average Bonchev–Trinajstić information content (AvgIpc) is 2.60. The van der Waals surface area contributed by atoms with Gasteiger partial charge in [-0.15, -0.1) is 0 Å². The van der Waals surface area contributed by atoms with E-state index in [1.807, 2.05) is 38.1 Å². The number of rotatable bonds is 4. The Balaban J connectivity index is 2.40. The predicted molar refractivity (Wildman–Crippen MR) is 79.6 cm³/mol. The number of likely N-dealkylation sites (N-methyl/N-ethyl adjacent to an activating group) is 1. The molecule has 0 saturated heterocycles. The largest absolute Gasteiger partial charge is 0.355 e. The Morgan fingerprint density at radius 2 is 2.05 bits per heavy atom. The summed E-state index contributed by atoms with van der Waals surface area (Å²) in [5.74, 6) is -0.0203. The zero-order chi connectivity index (χ0) is 14.5. The Hall–Kier alpha value is -1.84.